The van der Waals surface area contributed by atoms with Gasteiger partial charge in [0.1, 0.15) is 6.61 Å². The molecular weight excluding hydrogens is 440 g/mol. The Kier molecular flexibility index (Phi) is 6.67. The fraction of sp³-hybridized carbons (Fsp3) is 0.200. The molecule has 0 unspecified atom stereocenters. The molecule has 4 rings (SSSR count). The standard InChI is InChI=1S/C25H24N2O3S2/c1-4-29-22-14-20(12-13-21(22)30-16-19-8-6-5-7-9-19)15-23-24(28)27(25(31)32-23)26-17(2)10-11-18(26)3/h5-15H,4,16H2,1-3H3/b23-15+. The van der Waals surface area contributed by atoms with Crippen LogP contribution in [-0.2, 0) is 11.4 Å². The van der Waals surface area contributed by atoms with Gasteiger partial charge in [-0.2, -0.15) is 5.01 Å². The third kappa shape index (κ3) is 4.59. The van der Waals surface area contributed by atoms with Crippen molar-refractivity contribution in [2.24, 2.45) is 0 Å². The van der Waals surface area contributed by atoms with Crippen LogP contribution in [0.4, 0.5) is 0 Å². The zero-order chi connectivity index (χ0) is 22.7. The molecular formula is C25H24N2O3S2. The molecule has 3 aromatic rings. The number of hydrogen-bond acceptors (Lipinski definition) is 5. The van der Waals surface area contributed by atoms with Gasteiger partial charge in [-0.3, -0.25) is 9.47 Å². The molecule has 1 aromatic heterocycles. The molecule has 0 N–H and O–H groups in total. The third-order valence-electron chi connectivity index (χ3n) is 5.01. The van der Waals surface area contributed by atoms with E-state index in [1.54, 1.807) is 5.01 Å². The van der Waals surface area contributed by atoms with Crippen LogP contribution in [0.1, 0.15) is 29.4 Å². The zero-order valence-corrected chi connectivity index (χ0v) is 19.8. The summed E-state index contributed by atoms with van der Waals surface area (Å²) in [6.45, 7) is 6.81. The van der Waals surface area contributed by atoms with Crippen LogP contribution < -0.4 is 14.5 Å². The second-order valence-electron chi connectivity index (χ2n) is 7.33. The van der Waals surface area contributed by atoms with Crippen LogP contribution >= 0.6 is 24.0 Å². The highest BCUT2D eigenvalue weighted by Crippen LogP contribution is 2.35. The molecule has 7 heteroatoms. The van der Waals surface area contributed by atoms with Crippen molar-refractivity contribution in [2.45, 2.75) is 27.4 Å². The second kappa shape index (κ2) is 9.63. The van der Waals surface area contributed by atoms with Gasteiger partial charge in [-0.1, -0.05) is 48.2 Å². The number of thioether (sulfide) groups is 1. The lowest BCUT2D eigenvalue weighted by molar-refractivity contribution is -0.114. The van der Waals surface area contributed by atoms with Gasteiger partial charge < -0.3 is 9.47 Å². The van der Waals surface area contributed by atoms with Crippen molar-refractivity contribution in [3.8, 4) is 11.5 Å². The molecule has 0 bridgehead atoms. The summed E-state index contributed by atoms with van der Waals surface area (Å²) in [5.74, 6) is 1.17. The third-order valence-corrected chi connectivity index (χ3v) is 6.29. The molecule has 0 aliphatic carbocycles. The first-order valence-corrected chi connectivity index (χ1v) is 11.6. The smallest absolute Gasteiger partial charge is 0.285 e. The largest absolute Gasteiger partial charge is 0.490 e. The van der Waals surface area contributed by atoms with Crippen molar-refractivity contribution in [2.75, 3.05) is 11.6 Å². The Labute approximate surface area is 197 Å². The topological polar surface area (TPSA) is 43.7 Å². The monoisotopic (exact) mass is 464 g/mol. The van der Waals surface area contributed by atoms with Gasteiger partial charge in [-0.25, -0.2) is 0 Å². The van der Waals surface area contributed by atoms with Crippen molar-refractivity contribution in [3.63, 3.8) is 0 Å². The summed E-state index contributed by atoms with van der Waals surface area (Å²) in [5, 5.41) is 1.55. The van der Waals surface area contributed by atoms with E-state index in [1.165, 1.54) is 11.8 Å². The number of hydrogen-bond donors (Lipinski definition) is 0. The minimum absolute atomic E-state index is 0.134. The van der Waals surface area contributed by atoms with Crippen molar-refractivity contribution in [3.05, 3.63) is 88.1 Å². The highest BCUT2D eigenvalue weighted by molar-refractivity contribution is 8.27. The van der Waals surface area contributed by atoms with Crippen molar-refractivity contribution in [1.29, 1.82) is 0 Å². The fourth-order valence-electron chi connectivity index (χ4n) is 3.50. The molecule has 0 saturated carbocycles. The molecule has 1 fully saturated rings. The van der Waals surface area contributed by atoms with Crippen molar-refractivity contribution >= 4 is 40.3 Å². The van der Waals surface area contributed by atoms with Crippen LogP contribution in [0, 0.1) is 13.8 Å². The van der Waals surface area contributed by atoms with Gasteiger partial charge in [0.05, 0.1) is 11.5 Å². The molecule has 1 amide bonds. The SMILES string of the molecule is CCOc1cc(/C=C2/SC(=S)N(n3c(C)ccc3C)C2=O)ccc1OCc1ccccc1. The van der Waals surface area contributed by atoms with E-state index >= 15 is 0 Å². The van der Waals surface area contributed by atoms with E-state index in [1.807, 2.05) is 92.2 Å². The number of rotatable bonds is 7. The van der Waals surface area contributed by atoms with Crippen LogP contribution in [0.15, 0.2) is 65.6 Å². The molecule has 0 atom stereocenters. The number of carbonyl (C=O) groups excluding carboxylic acids is 1. The Hall–Kier alpha value is -3.03. The van der Waals surface area contributed by atoms with E-state index in [-0.39, 0.29) is 5.91 Å². The predicted octanol–water partition coefficient (Wildman–Crippen LogP) is 5.62. The number of ether oxygens (including phenoxy) is 2. The van der Waals surface area contributed by atoms with Gasteiger partial charge in [0.2, 0.25) is 0 Å². The Morgan fingerprint density at radius 1 is 0.969 bits per heavy atom. The first-order chi connectivity index (χ1) is 15.5. The number of amides is 1. The van der Waals surface area contributed by atoms with Crippen molar-refractivity contribution < 1.29 is 14.3 Å². The Bertz CT molecular complexity index is 1170. The Balaban J connectivity index is 1.57. The number of aromatic nitrogens is 1. The molecule has 1 saturated heterocycles. The highest BCUT2D eigenvalue weighted by Gasteiger charge is 2.34. The normalized spacial score (nSPS) is 15.0. The Morgan fingerprint density at radius 2 is 1.69 bits per heavy atom. The summed E-state index contributed by atoms with van der Waals surface area (Å²) < 4.78 is 14.1. The van der Waals surface area contributed by atoms with Gasteiger partial charge in [-0.15, -0.1) is 0 Å². The Morgan fingerprint density at radius 3 is 2.38 bits per heavy atom. The van der Waals surface area contributed by atoms with Gasteiger partial charge >= 0.3 is 0 Å². The van der Waals surface area contributed by atoms with E-state index in [0.717, 1.165) is 22.5 Å². The molecule has 0 spiro atoms. The van der Waals surface area contributed by atoms with Gasteiger partial charge in [0.25, 0.3) is 5.91 Å². The summed E-state index contributed by atoms with van der Waals surface area (Å²) in [6, 6.07) is 19.6. The number of thiocarbonyl (C=S) groups is 1. The lowest BCUT2D eigenvalue weighted by Gasteiger charge is -2.20. The maximum atomic E-state index is 13.1. The maximum Gasteiger partial charge on any atom is 0.285 e. The van der Waals surface area contributed by atoms with E-state index in [0.29, 0.717) is 33.9 Å². The lowest BCUT2D eigenvalue weighted by atomic mass is 10.2. The minimum atomic E-state index is -0.134. The number of aryl methyl sites for hydroxylation is 2. The molecule has 5 nitrogen and oxygen atoms in total. The zero-order valence-electron chi connectivity index (χ0n) is 18.2. The van der Waals surface area contributed by atoms with E-state index in [2.05, 4.69) is 0 Å². The van der Waals surface area contributed by atoms with Gasteiger partial charge in [0, 0.05) is 11.4 Å². The predicted molar refractivity (Wildman–Crippen MR) is 134 cm³/mol. The molecule has 1 aliphatic heterocycles. The average Bonchev–Trinajstić information content (AvgIpc) is 3.25. The van der Waals surface area contributed by atoms with E-state index < -0.39 is 0 Å². The summed E-state index contributed by atoms with van der Waals surface area (Å²) in [5.41, 5.74) is 3.84. The molecule has 2 heterocycles. The fourth-order valence-corrected chi connectivity index (χ4v) is 4.74. The van der Waals surface area contributed by atoms with Crippen LogP contribution in [0.3, 0.4) is 0 Å². The second-order valence-corrected chi connectivity index (χ2v) is 9.01. The number of carbonyl (C=O) groups is 1. The van der Waals surface area contributed by atoms with Crippen LogP contribution in [0.2, 0.25) is 0 Å². The molecule has 164 valence electrons. The van der Waals surface area contributed by atoms with Crippen LogP contribution in [0.5, 0.6) is 11.5 Å². The molecule has 32 heavy (non-hydrogen) atoms. The minimum Gasteiger partial charge on any atom is -0.490 e. The van der Waals surface area contributed by atoms with E-state index in [4.69, 9.17) is 21.7 Å². The number of nitrogens with zero attached hydrogens (tertiary/aromatic N) is 2. The quantitative estimate of drug-likeness (QED) is 0.335. The molecule has 1 aliphatic rings. The molecule has 0 radical (unpaired) electrons. The highest BCUT2D eigenvalue weighted by atomic mass is 32.2. The molecule has 2 aromatic carbocycles. The summed E-state index contributed by atoms with van der Waals surface area (Å²) in [7, 11) is 0. The van der Waals surface area contributed by atoms with Gasteiger partial charge in [-0.05, 0) is 74.5 Å². The summed E-state index contributed by atoms with van der Waals surface area (Å²) in [6.07, 6.45) is 1.84. The lowest BCUT2D eigenvalue weighted by Crippen LogP contribution is -2.39. The van der Waals surface area contributed by atoms with Crippen LogP contribution in [-0.4, -0.2) is 21.5 Å². The first kappa shape index (κ1) is 22.2. The average molecular weight is 465 g/mol. The summed E-state index contributed by atoms with van der Waals surface area (Å²) in [4.78, 5) is 13.7. The van der Waals surface area contributed by atoms with E-state index in [9.17, 15) is 4.79 Å². The maximum absolute atomic E-state index is 13.1. The summed E-state index contributed by atoms with van der Waals surface area (Å²) >= 11 is 6.81. The van der Waals surface area contributed by atoms with Crippen molar-refractivity contribution in [1.82, 2.24) is 4.68 Å². The number of benzene rings is 2. The van der Waals surface area contributed by atoms with Crippen LogP contribution in [0.25, 0.3) is 6.08 Å². The van der Waals surface area contributed by atoms with Gasteiger partial charge in [0.15, 0.2) is 15.8 Å². The first-order valence-electron chi connectivity index (χ1n) is 10.3.